The highest BCUT2D eigenvalue weighted by atomic mass is 127. The number of aromatic amines is 1. The van der Waals surface area contributed by atoms with Crippen LogP contribution in [0.3, 0.4) is 0 Å². The van der Waals surface area contributed by atoms with Crippen LogP contribution in [0, 0.1) is 3.57 Å². The number of carbonyl (C=O) groups is 1. The summed E-state index contributed by atoms with van der Waals surface area (Å²) in [5, 5.41) is 5.14. The van der Waals surface area contributed by atoms with E-state index < -0.39 is 0 Å². The fourth-order valence-electron chi connectivity index (χ4n) is 2.50. The van der Waals surface area contributed by atoms with Gasteiger partial charge in [0.1, 0.15) is 0 Å². The number of H-pyrrole nitrogens is 1. The molecule has 4 aromatic rings. The van der Waals surface area contributed by atoms with Gasteiger partial charge in [-0.25, -0.2) is 0 Å². The SMILES string of the molecule is O=C(Nc1cccc2[nH]ccc12)c1cc2ccc(I)cc2s1. The molecule has 1 amide bonds. The maximum Gasteiger partial charge on any atom is 0.265 e. The third kappa shape index (κ3) is 2.40. The van der Waals surface area contributed by atoms with Gasteiger partial charge in [0.25, 0.3) is 5.91 Å². The Morgan fingerprint density at radius 1 is 1.14 bits per heavy atom. The lowest BCUT2D eigenvalue weighted by molar-refractivity contribution is 0.103. The summed E-state index contributed by atoms with van der Waals surface area (Å²) in [7, 11) is 0. The topological polar surface area (TPSA) is 44.9 Å². The zero-order chi connectivity index (χ0) is 15.1. The predicted octanol–water partition coefficient (Wildman–Crippen LogP) is 5.24. The third-order valence-corrected chi connectivity index (χ3v) is 5.32. The first-order valence-electron chi connectivity index (χ1n) is 6.77. The Morgan fingerprint density at radius 2 is 2.05 bits per heavy atom. The number of rotatable bonds is 2. The van der Waals surface area contributed by atoms with Gasteiger partial charge in [-0.1, -0.05) is 12.1 Å². The second-order valence-corrected chi connectivity index (χ2v) is 7.32. The molecular formula is C17H11IN2OS. The number of aromatic nitrogens is 1. The normalized spacial score (nSPS) is 11.1. The van der Waals surface area contributed by atoms with Crippen LogP contribution < -0.4 is 5.32 Å². The molecular weight excluding hydrogens is 407 g/mol. The quantitative estimate of drug-likeness (QED) is 0.430. The molecule has 0 unspecified atom stereocenters. The molecule has 0 bridgehead atoms. The number of amides is 1. The van der Waals surface area contributed by atoms with Gasteiger partial charge in [0.05, 0.1) is 10.6 Å². The van der Waals surface area contributed by atoms with Crippen LogP contribution in [-0.4, -0.2) is 10.9 Å². The first kappa shape index (κ1) is 13.8. The van der Waals surface area contributed by atoms with Gasteiger partial charge in [0.2, 0.25) is 0 Å². The van der Waals surface area contributed by atoms with Gasteiger partial charge < -0.3 is 10.3 Å². The molecule has 2 aromatic carbocycles. The van der Waals surface area contributed by atoms with Gasteiger partial charge >= 0.3 is 0 Å². The van der Waals surface area contributed by atoms with Crippen LogP contribution in [0.2, 0.25) is 0 Å². The lowest BCUT2D eigenvalue weighted by Gasteiger charge is -2.04. The minimum Gasteiger partial charge on any atom is -0.361 e. The van der Waals surface area contributed by atoms with Crippen LogP contribution in [0.5, 0.6) is 0 Å². The number of thiophene rings is 1. The van der Waals surface area contributed by atoms with Crippen molar-refractivity contribution < 1.29 is 4.79 Å². The number of carbonyl (C=O) groups excluding carboxylic acids is 1. The number of halogens is 1. The summed E-state index contributed by atoms with van der Waals surface area (Å²) < 4.78 is 2.31. The van der Waals surface area contributed by atoms with Crippen LogP contribution in [0.4, 0.5) is 5.69 Å². The summed E-state index contributed by atoms with van der Waals surface area (Å²) in [5.74, 6) is -0.0649. The second-order valence-electron chi connectivity index (χ2n) is 4.99. The summed E-state index contributed by atoms with van der Waals surface area (Å²) in [5.41, 5.74) is 1.85. The van der Waals surface area contributed by atoms with Crippen molar-refractivity contribution in [3.8, 4) is 0 Å². The van der Waals surface area contributed by atoms with Gasteiger partial charge in [-0.05, 0) is 64.4 Å². The summed E-state index contributed by atoms with van der Waals surface area (Å²) in [4.78, 5) is 16.4. The Bertz CT molecular complexity index is 1000. The molecule has 3 nitrogen and oxygen atoms in total. The number of anilines is 1. The van der Waals surface area contributed by atoms with E-state index in [-0.39, 0.29) is 5.91 Å². The lowest BCUT2D eigenvalue weighted by Crippen LogP contribution is -2.10. The maximum absolute atomic E-state index is 12.5. The molecule has 0 aliphatic heterocycles. The smallest absolute Gasteiger partial charge is 0.265 e. The van der Waals surface area contributed by atoms with Crippen molar-refractivity contribution in [3.63, 3.8) is 0 Å². The molecule has 0 atom stereocenters. The van der Waals surface area contributed by atoms with E-state index in [9.17, 15) is 4.79 Å². The van der Waals surface area contributed by atoms with Gasteiger partial charge in [-0.3, -0.25) is 4.79 Å². The molecule has 2 N–H and O–H groups in total. The van der Waals surface area contributed by atoms with Crippen molar-refractivity contribution in [1.29, 1.82) is 0 Å². The number of nitrogens with one attached hydrogen (secondary N) is 2. The summed E-state index contributed by atoms with van der Waals surface area (Å²) >= 11 is 3.81. The molecule has 22 heavy (non-hydrogen) atoms. The van der Waals surface area contributed by atoms with Crippen molar-refractivity contribution in [3.05, 3.63) is 63.2 Å². The molecule has 5 heteroatoms. The monoisotopic (exact) mass is 418 g/mol. The molecule has 0 aliphatic rings. The Balaban J connectivity index is 1.70. The van der Waals surface area contributed by atoms with Crippen molar-refractivity contribution in [2.75, 3.05) is 5.32 Å². The second kappa shape index (κ2) is 5.40. The molecule has 2 heterocycles. The van der Waals surface area contributed by atoms with Crippen molar-refractivity contribution >= 4 is 66.5 Å². The fourth-order valence-corrected chi connectivity index (χ4v) is 4.19. The van der Waals surface area contributed by atoms with E-state index >= 15 is 0 Å². The minimum atomic E-state index is -0.0649. The van der Waals surface area contributed by atoms with E-state index in [1.165, 1.54) is 14.9 Å². The zero-order valence-corrected chi connectivity index (χ0v) is 14.4. The summed E-state index contributed by atoms with van der Waals surface area (Å²) in [6, 6.07) is 16.0. The highest BCUT2D eigenvalue weighted by Gasteiger charge is 2.12. The first-order chi connectivity index (χ1) is 10.7. The molecule has 0 spiro atoms. The largest absolute Gasteiger partial charge is 0.361 e. The number of hydrogen-bond donors (Lipinski definition) is 2. The van der Waals surface area contributed by atoms with Gasteiger partial charge in [0, 0.05) is 25.4 Å². The molecule has 0 fully saturated rings. The van der Waals surface area contributed by atoms with Crippen LogP contribution in [0.15, 0.2) is 54.7 Å². The van der Waals surface area contributed by atoms with Crippen LogP contribution >= 0.6 is 33.9 Å². The Kier molecular flexibility index (Phi) is 3.38. The zero-order valence-electron chi connectivity index (χ0n) is 11.4. The van der Waals surface area contributed by atoms with E-state index in [0.717, 1.165) is 31.6 Å². The number of hydrogen-bond acceptors (Lipinski definition) is 2. The molecule has 0 aliphatic carbocycles. The van der Waals surface area contributed by atoms with E-state index in [0.29, 0.717) is 0 Å². The number of fused-ring (bicyclic) bond motifs is 2. The highest BCUT2D eigenvalue weighted by Crippen LogP contribution is 2.29. The highest BCUT2D eigenvalue weighted by molar-refractivity contribution is 14.1. The van der Waals surface area contributed by atoms with Crippen molar-refractivity contribution in [1.82, 2.24) is 4.98 Å². The van der Waals surface area contributed by atoms with E-state index in [1.54, 1.807) is 0 Å². The average molecular weight is 418 g/mol. The Hall–Kier alpha value is -1.86. The molecule has 4 rings (SSSR count). The lowest BCUT2D eigenvalue weighted by atomic mass is 10.2. The Morgan fingerprint density at radius 3 is 2.95 bits per heavy atom. The molecule has 0 saturated carbocycles. The van der Waals surface area contributed by atoms with Gasteiger partial charge in [-0.15, -0.1) is 11.3 Å². The van der Waals surface area contributed by atoms with Crippen LogP contribution in [0.1, 0.15) is 9.67 Å². The van der Waals surface area contributed by atoms with Crippen LogP contribution in [0.25, 0.3) is 21.0 Å². The van der Waals surface area contributed by atoms with Gasteiger partial charge in [-0.2, -0.15) is 0 Å². The van der Waals surface area contributed by atoms with Crippen LogP contribution in [-0.2, 0) is 0 Å². The molecule has 0 radical (unpaired) electrons. The summed E-state index contributed by atoms with van der Waals surface area (Å²) in [6.45, 7) is 0. The average Bonchev–Trinajstić information content (AvgIpc) is 3.13. The van der Waals surface area contributed by atoms with E-state index in [1.807, 2.05) is 36.5 Å². The number of benzene rings is 2. The molecule has 0 saturated heterocycles. The summed E-state index contributed by atoms with van der Waals surface area (Å²) in [6.07, 6.45) is 1.88. The van der Waals surface area contributed by atoms with E-state index in [2.05, 4.69) is 51.1 Å². The molecule has 108 valence electrons. The maximum atomic E-state index is 12.5. The first-order valence-corrected chi connectivity index (χ1v) is 8.67. The minimum absolute atomic E-state index is 0.0649. The Labute approximate surface area is 144 Å². The predicted molar refractivity (Wildman–Crippen MR) is 101 cm³/mol. The van der Waals surface area contributed by atoms with E-state index in [4.69, 9.17) is 0 Å². The van der Waals surface area contributed by atoms with Crippen molar-refractivity contribution in [2.24, 2.45) is 0 Å². The van der Waals surface area contributed by atoms with Crippen molar-refractivity contribution in [2.45, 2.75) is 0 Å². The fraction of sp³-hybridized carbons (Fsp3) is 0. The molecule has 2 aromatic heterocycles. The van der Waals surface area contributed by atoms with Gasteiger partial charge in [0.15, 0.2) is 0 Å². The third-order valence-electron chi connectivity index (χ3n) is 3.55. The standard InChI is InChI=1S/C17H11IN2OS/c18-11-5-4-10-8-16(22-15(10)9-11)17(21)20-14-3-1-2-13-12(14)6-7-19-13/h1-9,19H,(H,20,21).